The first-order chi connectivity index (χ1) is 17.3. The number of rotatable bonds is 7. The molecule has 10 heteroatoms. The van der Waals surface area contributed by atoms with Gasteiger partial charge in [0.05, 0.1) is 11.8 Å². The molecule has 0 radical (unpaired) electrons. The molecule has 4 rings (SSSR count). The lowest BCUT2D eigenvalue weighted by molar-refractivity contribution is -0.160. The van der Waals surface area contributed by atoms with Crippen LogP contribution in [0.15, 0.2) is 71.2 Å². The zero-order valence-corrected chi connectivity index (χ0v) is 20.8. The van der Waals surface area contributed by atoms with Crippen molar-refractivity contribution in [2.45, 2.75) is 25.3 Å². The van der Waals surface area contributed by atoms with E-state index in [4.69, 9.17) is 4.74 Å². The molecular formula is C26H24BrN3O6. The fourth-order valence-electron chi connectivity index (χ4n) is 4.32. The molecule has 0 saturated carbocycles. The summed E-state index contributed by atoms with van der Waals surface area (Å²) in [7, 11) is 0. The number of ether oxygens (including phenoxy) is 1. The van der Waals surface area contributed by atoms with Gasteiger partial charge >= 0.3 is 5.97 Å². The van der Waals surface area contributed by atoms with Crippen molar-refractivity contribution in [3.8, 4) is 0 Å². The Balaban J connectivity index is 1.40. The van der Waals surface area contributed by atoms with Gasteiger partial charge in [-0.2, -0.15) is 0 Å². The maximum atomic E-state index is 13.1. The van der Waals surface area contributed by atoms with E-state index in [9.17, 15) is 24.0 Å². The maximum Gasteiger partial charge on any atom is 0.330 e. The number of allylic oxidation sites excluding steroid dienone is 2. The second-order valence-corrected chi connectivity index (χ2v) is 9.44. The van der Waals surface area contributed by atoms with Crippen LogP contribution < -0.4 is 10.9 Å². The third kappa shape index (κ3) is 5.71. The zero-order chi connectivity index (χ0) is 25.7. The number of esters is 1. The summed E-state index contributed by atoms with van der Waals surface area (Å²) in [5.41, 5.74) is 5.48. The SMILES string of the molecule is O=C(COC(=O)[C@H](Cc1ccccc1)N1C(=O)[C@H]2CC=CC[C@H]2C1=O)NNC(=O)c1ccc(Br)cc1. The fraction of sp³-hybridized carbons (Fsp3) is 0.269. The van der Waals surface area contributed by atoms with Crippen molar-refractivity contribution in [3.05, 3.63) is 82.3 Å². The summed E-state index contributed by atoms with van der Waals surface area (Å²) in [5.74, 6) is -3.99. The minimum atomic E-state index is -1.21. The van der Waals surface area contributed by atoms with Crippen LogP contribution in [0.2, 0.25) is 0 Å². The highest BCUT2D eigenvalue weighted by molar-refractivity contribution is 9.10. The average Bonchev–Trinajstić information content (AvgIpc) is 3.15. The van der Waals surface area contributed by atoms with Gasteiger partial charge in [0.1, 0.15) is 6.04 Å². The Labute approximate surface area is 216 Å². The van der Waals surface area contributed by atoms with E-state index >= 15 is 0 Å². The number of imide groups is 1. The van der Waals surface area contributed by atoms with Crippen molar-refractivity contribution in [3.63, 3.8) is 0 Å². The number of nitrogens with zero attached hydrogens (tertiary/aromatic N) is 1. The normalized spacial score (nSPS) is 19.4. The predicted octanol–water partition coefficient (Wildman–Crippen LogP) is 2.32. The Kier molecular flexibility index (Phi) is 7.94. The standard InChI is InChI=1S/C26H24BrN3O6/c27-18-12-10-17(11-13-18)23(32)29-28-22(31)15-36-26(35)21(14-16-6-2-1-3-7-16)30-24(33)19-8-4-5-9-20(19)25(30)34/h1-7,10-13,19-21H,8-9,14-15H2,(H,28,31)(H,29,32)/t19-,20+,21-/m0/s1. The smallest absolute Gasteiger partial charge is 0.330 e. The van der Waals surface area contributed by atoms with Gasteiger partial charge in [-0.15, -0.1) is 0 Å². The van der Waals surface area contributed by atoms with Crippen LogP contribution in [0, 0.1) is 11.8 Å². The molecule has 36 heavy (non-hydrogen) atoms. The lowest BCUT2D eigenvalue weighted by Crippen LogP contribution is -2.49. The first-order valence-corrected chi connectivity index (χ1v) is 12.2. The van der Waals surface area contributed by atoms with E-state index in [0.717, 1.165) is 14.9 Å². The van der Waals surface area contributed by atoms with Crippen LogP contribution in [0.3, 0.4) is 0 Å². The molecule has 4 amide bonds. The molecule has 2 aromatic carbocycles. The molecular weight excluding hydrogens is 530 g/mol. The monoisotopic (exact) mass is 553 g/mol. The largest absolute Gasteiger partial charge is 0.454 e. The quantitative estimate of drug-likeness (QED) is 0.235. The Bertz CT molecular complexity index is 1170. The molecule has 1 aliphatic heterocycles. The predicted molar refractivity (Wildman–Crippen MR) is 132 cm³/mol. The first-order valence-electron chi connectivity index (χ1n) is 11.4. The zero-order valence-electron chi connectivity index (χ0n) is 19.2. The number of nitrogens with one attached hydrogen (secondary N) is 2. The van der Waals surface area contributed by atoms with Crippen LogP contribution in [-0.2, 0) is 30.3 Å². The summed E-state index contributed by atoms with van der Waals surface area (Å²) >= 11 is 3.27. The number of carbonyl (C=O) groups excluding carboxylic acids is 5. The molecule has 1 heterocycles. The molecule has 3 atom stereocenters. The Morgan fingerprint density at radius 2 is 1.53 bits per heavy atom. The van der Waals surface area contributed by atoms with Gasteiger partial charge in [0.2, 0.25) is 11.8 Å². The van der Waals surface area contributed by atoms with Crippen molar-refractivity contribution in [2.75, 3.05) is 6.61 Å². The van der Waals surface area contributed by atoms with Gasteiger partial charge in [-0.05, 0) is 42.7 Å². The number of amides is 4. The van der Waals surface area contributed by atoms with Gasteiger partial charge in [0.15, 0.2) is 6.61 Å². The van der Waals surface area contributed by atoms with Crippen molar-refractivity contribution < 1.29 is 28.7 Å². The van der Waals surface area contributed by atoms with E-state index in [-0.39, 0.29) is 6.42 Å². The molecule has 0 spiro atoms. The Morgan fingerprint density at radius 1 is 0.917 bits per heavy atom. The number of hydrogen-bond donors (Lipinski definition) is 2. The molecule has 0 unspecified atom stereocenters. The molecule has 1 saturated heterocycles. The number of hydrogen-bond acceptors (Lipinski definition) is 6. The highest BCUT2D eigenvalue weighted by Gasteiger charge is 2.51. The summed E-state index contributed by atoms with van der Waals surface area (Å²) < 4.78 is 5.98. The molecule has 2 N–H and O–H groups in total. The van der Waals surface area contributed by atoms with Gasteiger partial charge in [0.25, 0.3) is 11.8 Å². The highest BCUT2D eigenvalue weighted by atomic mass is 79.9. The minimum absolute atomic E-state index is 0.0615. The van der Waals surface area contributed by atoms with Crippen LogP contribution in [-0.4, -0.2) is 47.1 Å². The third-order valence-electron chi connectivity index (χ3n) is 6.16. The summed E-state index contributed by atoms with van der Waals surface area (Å²) in [5, 5.41) is 0. The second-order valence-electron chi connectivity index (χ2n) is 8.52. The number of benzene rings is 2. The summed E-state index contributed by atoms with van der Waals surface area (Å²) in [4.78, 5) is 64.6. The third-order valence-corrected chi connectivity index (χ3v) is 6.69. The maximum absolute atomic E-state index is 13.1. The Hall–Kier alpha value is -3.79. The van der Waals surface area contributed by atoms with Crippen LogP contribution in [0.1, 0.15) is 28.8 Å². The van der Waals surface area contributed by atoms with E-state index in [2.05, 4.69) is 26.8 Å². The lowest BCUT2D eigenvalue weighted by Gasteiger charge is -2.25. The van der Waals surface area contributed by atoms with Gasteiger partial charge in [0, 0.05) is 16.5 Å². The molecule has 2 aliphatic rings. The number of hydrazine groups is 1. The van der Waals surface area contributed by atoms with Crippen molar-refractivity contribution in [2.24, 2.45) is 11.8 Å². The van der Waals surface area contributed by atoms with Crippen LogP contribution in [0.5, 0.6) is 0 Å². The average molecular weight is 554 g/mol. The van der Waals surface area contributed by atoms with Gasteiger partial charge in [-0.3, -0.25) is 34.9 Å². The summed E-state index contributed by atoms with van der Waals surface area (Å²) in [6, 6.07) is 14.2. The van der Waals surface area contributed by atoms with Crippen molar-refractivity contribution in [1.82, 2.24) is 15.8 Å². The van der Waals surface area contributed by atoms with Crippen LogP contribution in [0.4, 0.5) is 0 Å². The molecule has 0 bridgehead atoms. The van der Waals surface area contributed by atoms with Gasteiger partial charge in [-0.1, -0.05) is 58.4 Å². The van der Waals surface area contributed by atoms with E-state index in [1.54, 1.807) is 48.5 Å². The Morgan fingerprint density at radius 3 is 2.14 bits per heavy atom. The van der Waals surface area contributed by atoms with E-state index in [0.29, 0.717) is 18.4 Å². The van der Waals surface area contributed by atoms with E-state index in [1.165, 1.54) is 0 Å². The van der Waals surface area contributed by atoms with Crippen LogP contribution >= 0.6 is 15.9 Å². The summed E-state index contributed by atoms with van der Waals surface area (Å²) in [6.07, 6.45) is 4.69. The summed E-state index contributed by atoms with van der Waals surface area (Å²) in [6.45, 7) is -0.699. The number of halogens is 1. The van der Waals surface area contributed by atoms with Crippen LogP contribution in [0.25, 0.3) is 0 Å². The van der Waals surface area contributed by atoms with E-state index in [1.807, 2.05) is 18.2 Å². The number of carbonyl (C=O) groups is 5. The van der Waals surface area contributed by atoms with Gasteiger partial charge < -0.3 is 4.74 Å². The number of likely N-dealkylation sites (tertiary alicyclic amines) is 1. The second kappa shape index (κ2) is 11.3. The highest BCUT2D eigenvalue weighted by Crippen LogP contribution is 2.36. The molecule has 0 aromatic heterocycles. The van der Waals surface area contributed by atoms with Gasteiger partial charge in [-0.25, -0.2) is 4.79 Å². The van der Waals surface area contributed by atoms with E-state index < -0.39 is 54.1 Å². The lowest BCUT2D eigenvalue weighted by atomic mass is 9.85. The molecule has 9 nitrogen and oxygen atoms in total. The molecule has 2 aromatic rings. The number of fused-ring (bicyclic) bond motifs is 1. The van der Waals surface area contributed by atoms with Crippen molar-refractivity contribution >= 4 is 45.5 Å². The molecule has 1 fully saturated rings. The first kappa shape index (κ1) is 25.3. The topological polar surface area (TPSA) is 122 Å². The van der Waals surface area contributed by atoms with Crippen molar-refractivity contribution in [1.29, 1.82) is 0 Å². The minimum Gasteiger partial charge on any atom is -0.454 e. The molecule has 186 valence electrons. The fourth-order valence-corrected chi connectivity index (χ4v) is 4.58. The molecule has 1 aliphatic carbocycles.